The Kier molecular flexibility index (Phi) is 2.14. The highest BCUT2D eigenvalue weighted by Gasteiger charge is 2.18. The summed E-state index contributed by atoms with van der Waals surface area (Å²) in [7, 11) is 0. The van der Waals surface area contributed by atoms with Crippen molar-refractivity contribution in [1.82, 2.24) is 4.98 Å². The highest BCUT2D eigenvalue weighted by molar-refractivity contribution is 5.48. The molecule has 0 unspecified atom stereocenters. The Morgan fingerprint density at radius 1 is 1.54 bits per heavy atom. The molecule has 0 bridgehead atoms. The van der Waals surface area contributed by atoms with Gasteiger partial charge in [-0.1, -0.05) is 0 Å². The molecule has 2 rings (SSSR count). The lowest BCUT2D eigenvalue weighted by Gasteiger charge is -2.33. The lowest BCUT2D eigenvalue weighted by Crippen LogP contribution is -2.38. The van der Waals surface area contributed by atoms with E-state index < -0.39 is 0 Å². The van der Waals surface area contributed by atoms with Gasteiger partial charge in [0.05, 0.1) is 6.20 Å². The van der Waals surface area contributed by atoms with Crippen molar-refractivity contribution in [2.75, 3.05) is 18.0 Å². The van der Waals surface area contributed by atoms with Crippen molar-refractivity contribution in [3.05, 3.63) is 23.6 Å². The summed E-state index contributed by atoms with van der Waals surface area (Å²) in [6, 6.07) is 1.46. The minimum absolute atomic E-state index is 0.315. The molecule has 1 saturated heterocycles. The van der Waals surface area contributed by atoms with Crippen molar-refractivity contribution in [3.63, 3.8) is 0 Å². The standard InChI is InChI=1S/C9H12FN3/c10-8-4-7(5-11)9(12-6-8)13-2-1-3-13/h4,6H,1-3,5,11H2. The maximum atomic E-state index is 12.8. The molecule has 4 heteroatoms. The van der Waals surface area contributed by atoms with Gasteiger partial charge in [-0.15, -0.1) is 0 Å². The molecule has 0 aromatic carbocycles. The highest BCUT2D eigenvalue weighted by Crippen LogP contribution is 2.22. The Balaban J connectivity index is 2.32. The van der Waals surface area contributed by atoms with Crippen LogP contribution in [0.1, 0.15) is 12.0 Å². The summed E-state index contributed by atoms with van der Waals surface area (Å²) >= 11 is 0. The molecule has 1 aromatic rings. The topological polar surface area (TPSA) is 42.1 Å². The molecule has 0 aliphatic carbocycles. The summed E-state index contributed by atoms with van der Waals surface area (Å²) in [5, 5.41) is 0. The fraction of sp³-hybridized carbons (Fsp3) is 0.444. The lowest BCUT2D eigenvalue weighted by atomic mass is 10.1. The molecule has 1 aliphatic heterocycles. The zero-order valence-corrected chi connectivity index (χ0v) is 7.33. The average Bonchev–Trinajstić information content (AvgIpc) is 2.05. The summed E-state index contributed by atoms with van der Waals surface area (Å²) in [5.41, 5.74) is 6.29. The van der Waals surface area contributed by atoms with Gasteiger partial charge in [0, 0.05) is 25.2 Å². The van der Waals surface area contributed by atoms with Crippen LogP contribution >= 0.6 is 0 Å². The van der Waals surface area contributed by atoms with Gasteiger partial charge in [0.15, 0.2) is 0 Å². The second kappa shape index (κ2) is 3.30. The van der Waals surface area contributed by atoms with Gasteiger partial charge in [-0.05, 0) is 12.5 Å². The minimum atomic E-state index is -0.315. The first kappa shape index (κ1) is 8.44. The Bertz CT molecular complexity index is 310. The smallest absolute Gasteiger partial charge is 0.141 e. The first-order valence-corrected chi connectivity index (χ1v) is 4.40. The van der Waals surface area contributed by atoms with Crippen LogP contribution in [0.15, 0.2) is 12.3 Å². The number of nitrogens with two attached hydrogens (primary N) is 1. The third kappa shape index (κ3) is 1.49. The van der Waals surface area contributed by atoms with Crippen molar-refractivity contribution in [3.8, 4) is 0 Å². The van der Waals surface area contributed by atoms with E-state index in [1.165, 1.54) is 18.7 Å². The fourth-order valence-corrected chi connectivity index (χ4v) is 1.44. The van der Waals surface area contributed by atoms with Crippen molar-refractivity contribution in [2.24, 2.45) is 5.73 Å². The molecule has 1 fully saturated rings. The van der Waals surface area contributed by atoms with Gasteiger partial charge < -0.3 is 10.6 Å². The molecule has 2 N–H and O–H groups in total. The normalized spacial score (nSPS) is 15.7. The average molecular weight is 181 g/mol. The zero-order chi connectivity index (χ0) is 9.26. The van der Waals surface area contributed by atoms with Gasteiger partial charge in [0.2, 0.25) is 0 Å². The summed E-state index contributed by atoms with van der Waals surface area (Å²) < 4.78 is 12.8. The number of hydrogen-bond acceptors (Lipinski definition) is 3. The van der Waals surface area contributed by atoms with Gasteiger partial charge in [-0.2, -0.15) is 0 Å². The predicted octanol–water partition coefficient (Wildman–Crippen LogP) is 0.889. The van der Waals surface area contributed by atoms with E-state index in [-0.39, 0.29) is 5.82 Å². The maximum absolute atomic E-state index is 12.8. The summed E-state index contributed by atoms with van der Waals surface area (Å²) in [6.07, 6.45) is 2.43. The largest absolute Gasteiger partial charge is 0.356 e. The van der Waals surface area contributed by atoms with Crippen LogP contribution in [-0.4, -0.2) is 18.1 Å². The Hall–Kier alpha value is -1.16. The molecule has 70 valence electrons. The molecule has 1 aliphatic rings. The van der Waals surface area contributed by atoms with Crippen LogP contribution in [0, 0.1) is 5.82 Å². The number of halogens is 1. The number of pyridine rings is 1. The molecule has 0 spiro atoms. The SMILES string of the molecule is NCc1cc(F)cnc1N1CCC1. The Morgan fingerprint density at radius 3 is 2.85 bits per heavy atom. The van der Waals surface area contributed by atoms with Crippen LogP contribution in [0.3, 0.4) is 0 Å². The van der Waals surface area contributed by atoms with Crippen LogP contribution in [-0.2, 0) is 6.54 Å². The monoisotopic (exact) mass is 181 g/mol. The third-order valence-electron chi connectivity index (χ3n) is 2.29. The minimum Gasteiger partial charge on any atom is -0.356 e. The second-order valence-electron chi connectivity index (χ2n) is 3.18. The predicted molar refractivity (Wildman–Crippen MR) is 48.9 cm³/mol. The van der Waals surface area contributed by atoms with Crippen LogP contribution in [0.2, 0.25) is 0 Å². The van der Waals surface area contributed by atoms with Crippen molar-refractivity contribution in [1.29, 1.82) is 0 Å². The van der Waals surface area contributed by atoms with E-state index in [0.29, 0.717) is 6.54 Å². The van der Waals surface area contributed by atoms with E-state index in [0.717, 1.165) is 24.5 Å². The van der Waals surface area contributed by atoms with E-state index >= 15 is 0 Å². The van der Waals surface area contributed by atoms with Crippen LogP contribution < -0.4 is 10.6 Å². The molecule has 13 heavy (non-hydrogen) atoms. The molecule has 0 radical (unpaired) electrons. The molecule has 1 aromatic heterocycles. The van der Waals surface area contributed by atoms with Gasteiger partial charge >= 0.3 is 0 Å². The van der Waals surface area contributed by atoms with Crippen LogP contribution in [0.5, 0.6) is 0 Å². The lowest BCUT2D eigenvalue weighted by molar-refractivity contribution is 0.592. The Labute approximate surface area is 76.4 Å². The number of anilines is 1. The van der Waals surface area contributed by atoms with E-state index in [4.69, 9.17) is 5.73 Å². The fourth-order valence-electron chi connectivity index (χ4n) is 1.44. The van der Waals surface area contributed by atoms with Gasteiger partial charge in [0.1, 0.15) is 11.6 Å². The van der Waals surface area contributed by atoms with Crippen LogP contribution in [0.4, 0.5) is 10.2 Å². The summed E-state index contributed by atoms with van der Waals surface area (Å²) in [4.78, 5) is 6.15. The summed E-state index contributed by atoms with van der Waals surface area (Å²) in [6.45, 7) is 2.36. The summed E-state index contributed by atoms with van der Waals surface area (Å²) in [5.74, 6) is 0.528. The maximum Gasteiger partial charge on any atom is 0.141 e. The molecular weight excluding hydrogens is 169 g/mol. The van der Waals surface area contributed by atoms with Gasteiger partial charge in [-0.3, -0.25) is 0 Å². The van der Waals surface area contributed by atoms with E-state index in [1.54, 1.807) is 0 Å². The number of hydrogen-bond donors (Lipinski definition) is 1. The molecular formula is C9H12FN3. The number of nitrogens with zero attached hydrogens (tertiary/aromatic N) is 2. The first-order chi connectivity index (χ1) is 6.31. The van der Waals surface area contributed by atoms with E-state index in [2.05, 4.69) is 9.88 Å². The van der Waals surface area contributed by atoms with Gasteiger partial charge in [-0.25, -0.2) is 9.37 Å². The molecule has 0 amide bonds. The van der Waals surface area contributed by atoms with E-state index in [1.807, 2.05) is 0 Å². The number of aromatic nitrogens is 1. The van der Waals surface area contributed by atoms with Crippen LogP contribution in [0.25, 0.3) is 0 Å². The second-order valence-corrected chi connectivity index (χ2v) is 3.18. The molecule has 0 atom stereocenters. The quantitative estimate of drug-likeness (QED) is 0.736. The molecule has 2 heterocycles. The first-order valence-electron chi connectivity index (χ1n) is 4.40. The van der Waals surface area contributed by atoms with Gasteiger partial charge in [0.25, 0.3) is 0 Å². The third-order valence-corrected chi connectivity index (χ3v) is 2.29. The van der Waals surface area contributed by atoms with Crippen molar-refractivity contribution < 1.29 is 4.39 Å². The Morgan fingerprint density at radius 2 is 2.31 bits per heavy atom. The highest BCUT2D eigenvalue weighted by atomic mass is 19.1. The molecule has 0 saturated carbocycles. The molecule has 3 nitrogen and oxygen atoms in total. The van der Waals surface area contributed by atoms with Crippen molar-refractivity contribution >= 4 is 5.82 Å². The zero-order valence-electron chi connectivity index (χ0n) is 7.33. The van der Waals surface area contributed by atoms with Crippen molar-refractivity contribution in [2.45, 2.75) is 13.0 Å². The van der Waals surface area contributed by atoms with E-state index in [9.17, 15) is 4.39 Å². The number of rotatable bonds is 2.